The van der Waals surface area contributed by atoms with Gasteiger partial charge in [0, 0.05) is 26.9 Å². The van der Waals surface area contributed by atoms with Crippen LogP contribution in [0.5, 0.6) is 0 Å². The van der Waals surface area contributed by atoms with Crippen molar-refractivity contribution in [1.29, 1.82) is 0 Å². The van der Waals surface area contributed by atoms with E-state index >= 15 is 0 Å². The molecule has 0 aliphatic heterocycles. The molecule has 0 amide bonds. The van der Waals surface area contributed by atoms with Crippen LogP contribution in [0.1, 0.15) is 267 Å². The Balaban J connectivity index is -0.0000000263. The fraction of sp³-hybridized carbons (Fsp3) is 0.597. The Bertz CT molecular complexity index is 988. The zero-order valence-corrected chi connectivity index (χ0v) is 56.0. The molecule has 0 saturated carbocycles. The minimum Gasteiger partial charge on any atom is -0.394 e. The van der Waals surface area contributed by atoms with Crippen molar-refractivity contribution >= 4 is 19.2 Å². The molecule has 423 valence electrons. The van der Waals surface area contributed by atoms with Crippen molar-refractivity contribution in [2.75, 3.05) is 0 Å². The molecule has 0 saturated heterocycles. The lowest BCUT2D eigenvalue weighted by atomic mass is 10.1. The molecule has 1 N–H and O–H groups in total. The smallest absolute Gasteiger partial charge is 0.0483 e. The second-order valence-electron chi connectivity index (χ2n) is 8.48. The highest BCUT2D eigenvalue weighted by Crippen LogP contribution is 2.11. The summed E-state index contributed by atoms with van der Waals surface area (Å²) in [6.07, 6.45) is 4.58. The van der Waals surface area contributed by atoms with Crippen molar-refractivity contribution in [2.45, 2.75) is 276 Å². The predicted molar refractivity (Wildman–Crippen MR) is 351 cm³/mol. The lowest BCUT2D eigenvalue weighted by molar-refractivity contribution is 0.216. The van der Waals surface area contributed by atoms with Crippen molar-refractivity contribution in [1.82, 2.24) is 4.98 Å². The maximum absolute atomic E-state index is 8.06. The number of pyridine rings is 1. The first-order valence-electron chi connectivity index (χ1n) is 28.9. The Hall–Kier alpha value is -3.69. The van der Waals surface area contributed by atoms with Gasteiger partial charge in [-0.2, -0.15) is 0 Å². The van der Waals surface area contributed by atoms with Gasteiger partial charge in [0.2, 0.25) is 0 Å². The molecule has 0 aliphatic carbocycles. The first kappa shape index (κ1) is 121. The summed E-state index contributed by atoms with van der Waals surface area (Å²) in [5.41, 5.74) is 2.64. The average molecular weight is 988 g/mol. The van der Waals surface area contributed by atoms with Gasteiger partial charge in [-0.3, -0.25) is 4.98 Å². The summed E-state index contributed by atoms with van der Waals surface area (Å²) in [5, 5.41) is 10.7. The van der Waals surface area contributed by atoms with E-state index in [0.29, 0.717) is 0 Å². The van der Waals surface area contributed by atoms with E-state index in [0.717, 1.165) is 0 Å². The summed E-state index contributed by atoms with van der Waals surface area (Å²) in [7, 11) is 0. The normalized spacial score (nSPS) is 6.00. The van der Waals surface area contributed by atoms with E-state index < -0.39 is 0 Å². The van der Waals surface area contributed by atoms with Crippen LogP contribution in [0.15, 0.2) is 140 Å². The number of nitrogens with zero attached hydrogens (tertiary/aromatic N) is 1. The third-order valence-corrected chi connectivity index (χ3v) is 4.11. The molecule has 1 aromatic heterocycles. The minimum atomic E-state index is -0.167. The maximum Gasteiger partial charge on any atom is 0.0483 e. The molecular formula is C67H141BNO. The molecule has 5 rings (SSSR count). The van der Waals surface area contributed by atoms with Crippen LogP contribution in [0.3, 0.4) is 0 Å². The van der Waals surface area contributed by atoms with Crippen molar-refractivity contribution in [3.63, 3.8) is 0 Å². The number of fused-ring (bicyclic) bond motifs is 1. The second-order valence-corrected chi connectivity index (χ2v) is 8.48. The number of aliphatic hydroxyl groups excluding tert-OH is 1. The highest BCUT2D eigenvalue weighted by atomic mass is 16.3. The monoisotopic (exact) mass is 987 g/mol. The number of aliphatic hydroxyl groups is 1. The number of hydrogen-bond donors (Lipinski definition) is 1. The quantitative estimate of drug-likeness (QED) is 0.157. The molecule has 0 fully saturated rings. The van der Waals surface area contributed by atoms with Crippen LogP contribution in [-0.2, 0) is 0 Å². The summed E-state index contributed by atoms with van der Waals surface area (Å²) in [4.78, 5) is 3.78. The van der Waals surface area contributed by atoms with Gasteiger partial charge in [-0.1, -0.05) is 368 Å². The molecule has 0 spiro atoms. The third-order valence-electron chi connectivity index (χ3n) is 4.11. The van der Waals surface area contributed by atoms with Crippen molar-refractivity contribution < 1.29 is 5.11 Å². The van der Waals surface area contributed by atoms with E-state index in [4.69, 9.17) is 5.11 Å². The fourth-order valence-electron chi connectivity index (χ4n) is 2.51. The molecule has 70 heavy (non-hydrogen) atoms. The molecule has 0 atom stereocenters. The van der Waals surface area contributed by atoms with E-state index in [2.05, 4.69) is 105 Å². The standard InChI is InChI=1S/C10H8.2C7H8.C5H5N.C3H8O.C3H8.16C2H6.B/c1-2-6-10-8-4-3-7-9(10)5-1;2*1-7-5-3-2-4-6-7;1-2-4-6-5-3-1;1-3(2)4;1-3-2;16*1-2;/h1-8H;2*2-6H,1H3;1-5H;3-4H,1-2H3;3H2,1-2H3;16*1-2H3;. The molecule has 0 aliphatic rings. The number of benzene rings is 4. The van der Waals surface area contributed by atoms with Crippen molar-refractivity contribution in [3.05, 3.63) is 151 Å². The van der Waals surface area contributed by atoms with Gasteiger partial charge in [-0.25, -0.2) is 0 Å². The van der Waals surface area contributed by atoms with Gasteiger partial charge in [-0.15, -0.1) is 0 Å². The SMILES string of the molecule is CC.CC.CC.CC.CC.CC.CC.CC.CC.CC.CC.CC.CC.CC.CC.CC.CC(C)O.CCC.Cc1ccccc1.Cc1ccccc1.[B].c1ccc2ccccc2c1.c1ccncc1. The second kappa shape index (κ2) is 205. The van der Waals surface area contributed by atoms with Crippen molar-refractivity contribution in [3.8, 4) is 0 Å². The molecule has 4 aromatic carbocycles. The van der Waals surface area contributed by atoms with Crippen LogP contribution >= 0.6 is 0 Å². The largest absolute Gasteiger partial charge is 0.394 e. The molecule has 0 bridgehead atoms. The van der Waals surface area contributed by atoms with Gasteiger partial charge in [-0.05, 0) is 50.6 Å². The van der Waals surface area contributed by atoms with Gasteiger partial charge >= 0.3 is 0 Å². The van der Waals surface area contributed by atoms with Gasteiger partial charge in [0.05, 0.1) is 0 Å². The topological polar surface area (TPSA) is 33.1 Å². The molecule has 5 aromatic rings. The number of aryl methyl sites for hydroxylation is 2. The Morgan fingerprint density at radius 1 is 0.300 bits per heavy atom. The number of rotatable bonds is 0. The van der Waals surface area contributed by atoms with E-state index in [1.54, 1.807) is 26.2 Å². The minimum absolute atomic E-state index is 0. The van der Waals surface area contributed by atoms with Gasteiger partial charge in [0.1, 0.15) is 0 Å². The highest BCUT2D eigenvalue weighted by Gasteiger charge is 1.85. The Kier molecular flexibility index (Phi) is 355. The fourth-order valence-corrected chi connectivity index (χ4v) is 2.51. The molecule has 2 nitrogen and oxygen atoms in total. The van der Waals surface area contributed by atoms with Crippen LogP contribution in [0.2, 0.25) is 0 Å². The van der Waals surface area contributed by atoms with E-state index in [1.807, 2.05) is 276 Å². The van der Waals surface area contributed by atoms with E-state index in [1.165, 1.54) is 28.3 Å². The lowest BCUT2D eigenvalue weighted by Crippen LogP contribution is -1.85. The van der Waals surface area contributed by atoms with Crippen LogP contribution in [0, 0.1) is 13.8 Å². The van der Waals surface area contributed by atoms with Gasteiger partial charge in [0.15, 0.2) is 0 Å². The average Bonchev–Trinajstić information content (AvgIpc) is 3.49. The van der Waals surface area contributed by atoms with Gasteiger partial charge in [0.25, 0.3) is 0 Å². The highest BCUT2D eigenvalue weighted by molar-refractivity contribution is 5.82. The first-order valence-corrected chi connectivity index (χ1v) is 28.9. The Morgan fingerprint density at radius 3 is 0.514 bits per heavy atom. The van der Waals surface area contributed by atoms with Crippen LogP contribution in [-0.4, -0.2) is 24.6 Å². The van der Waals surface area contributed by atoms with Gasteiger partial charge < -0.3 is 5.11 Å². The maximum atomic E-state index is 8.06. The summed E-state index contributed by atoms with van der Waals surface area (Å²) < 4.78 is 0. The van der Waals surface area contributed by atoms with Crippen LogP contribution in [0.25, 0.3) is 10.8 Å². The Labute approximate surface area is 453 Å². The lowest BCUT2D eigenvalue weighted by Gasteiger charge is -1.92. The molecule has 1 heterocycles. The van der Waals surface area contributed by atoms with E-state index in [9.17, 15) is 0 Å². The summed E-state index contributed by atoms with van der Waals surface area (Å²) >= 11 is 0. The summed E-state index contributed by atoms with van der Waals surface area (Å²) in [6, 6.07) is 43.0. The van der Waals surface area contributed by atoms with Crippen molar-refractivity contribution in [2.24, 2.45) is 0 Å². The zero-order chi connectivity index (χ0) is 59.6. The molecule has 3 radical (unpaired) electrons. The number of hydrogen-bond acceptors (Lipinski definition) is 2. The third kappa shape index (κ3) is 196. The molecule has 0 unspecified atom stereocenters. The molecular weight excluding hydrogens is 846 g/mol. The number of aromatic nitrogens is 1. The molecule has 3 heteroatoms. The van der Waals surface area contributed by atoms with Crippen LogP contribution in [0.4, 0.5) is 0 Å². The van der Waals surface area contributed by atoms with Crippen LogP contribution < -0.4 is 0 Å². The summed E-state index contributed by atoms with van der Waals surface area (Å²) in [6.45, 7) is 75.9. The first-order chi connectivity index (χ1) is 33.9. The zero-order valence-electron chi connectivity index (χ0n) is 56.0. The van der Waals surface area contributed by atoms with E-state index in [-0.39, 0.29) is 14.5 Å². The Morgan fingerprint density at radius 2 is 0.429 bits per heavy atom. The summed E-state index contributed by atoms with van der Waals surface area (Å²) in [5.74, 6) is 0. The predicted octanol–water partition coefficient (Wildman–Crippen LogP) is 25.8.